The van der Waals surface area contributed by atoms with Crippen molar-refractivity contribution in [2.24, 2.45) is 0 Å². The van der Waals surface area contributed by atoms with Gasteiger partial charge in [0.25, 0.3) is 0 Å². The summed E-state index contributed by atoms with van der Waals surface area (Å²) in [6.45, 7) is -3.04. The molecular weight excluding hydrogens is 244 g/mol. The standard InChI is InChI=1S/C7H11F6NO2/c8-6(9,10)4-15-3-1-2-14-16-5-7(11,12)13/h14H,1-5H2. The van der Waals surface area contributed by atoms with E-state index in [2.05, 4.69) is 9.57 Å². The molecule has 0 radical (unpaired) electrons. The topological polar surface area (TPSA) is 30.5 Å². The number of halogens is 6. The molecule has 0 saturated heterocycles. The van der Waals surface area contributed by atoms with Crippen LogP contribution in [0.1, 0.15) is 6.42 Å². The van der Waals surface area contributed by atoms with Gasteiger partial charge in [0.05, 0.1) is 0 Å². The van der Waals surface area contributed by atoms with Crippen LogP contribution >= 0.6 is 0 Å². The van der Waals surface area contributed by atoms with Gasteiger partial charge in [0.15, 0.2) is 6.61 Å². The number of hydroxylamine groups is 1. The molecule has 0 amide bonds. The molecular formula is C7H11F6NO2. The number of hydrogen-bond donors (Lipinski definition) is 1. The highest BCUT2D eigenvalue weighted by Gasteiger charge is 2.28. The van der Waals surface area contributed by atoms with Gasteiger partial charge < -0.3 is 4.74 Å². The zero-order valence-corrected chi connectivity index (χ0v) is 8.12. The maximum absolute atomic E-state index is 11.5. The summed E-state index contributed by atoms with van der Waals surface area (Å²) in [7, 11) is 0. The van der Waals surface area contributed by atoms with Crippen LogP contribution in [0.25, 0.3) is 0 Å². The van der Waals surface area contributed by atoms with Crippen molar-refractivity contribution in [3.63, 3.8) is 0 Å². The Morgan fingerprint density at radius 1 is 0.875 bits per heavy atom. The maximum Gasteiger partial charge on any atom is 0.413 e. The second-order valence-corrected chi connectivity index (χ2v) is 2.82. The van der Waals surface area contributed by atoms with E-state index in [4.69, 9.17) is 0 Å². The zero-order chi connectivity index (χ0) is 12.7. The Kier molecular flexibility index (Phi) is 6.68. The lowest BCUT2D eigenvalue weighted by Gasteiger charge is -2.09. The van der Waals surface area contributed by atoms with Crippen molar-refractivity contribution in [1.29, 1.82) is 0 Å². The highest BCUT2D eigenvalue weighted by molar-refractivity contribution is 4.47. The Labute approximate surface area is 87.7 Å². The normalized spacial score (nSPS) is 13.1. The first-order chi connectivity index (χ1) is 7.21. The maximum atomic E-state index is 11.5. The summed E-state index contributed by atoms with van der Waals surface area (Å²) < 4.78 is 73.3. The number of alkyl halides is 6. The quantitative estimate of drug-likeness (QED) is 0.429. The third-order valence-electron chi connectivity index (χ3n) is 1.17. The summed E-state index contributed by atoms with van der Waals surface area (Å²) >= 11 is 0. The van der Waals surface area contributed by atoms with Gasteiger partial charge in [-0.3, -0.25) is 4.84 Å². The Hall–Kier alpha value is -0.540. The molecule has 0 fully saturated rings. The molecule has 0 rings (SSSR count). The molecule has 0 saturated carbocycles. The molecule has 0 aliphatic heterocycles. The summed E-state index contributed by atoms with van der Waals surface area (Å²) in [5.74, 6) is 0. The van der Waals surface area contributed by atoms with Gasteiger partial charge in [-0.2, -0.15) is 26.3 Å². The number of hydrogen-bond acceptors (Lipinski definition) is 3. The van der Waals surface area contributed by atoms with Crippen molar-refractivity contribution < 1.29 is 35.9 Å². The van der Waals surface area contributed by atoms with Crippen molar-refractivity contribution in [1.82, 2.24) is 5.48 Å². The van der Waals surface area contributed by atoms with E-state index in [9.17, 15) is 26.3 Å². The van der Waals surface area contributed by atoms with Crippen LogP contribution in [0, 0.1) is 0 Å². The molecule has 0 aliphatic carbocycles. The Bertz CT molecular complexity index is 161. The molecule has 0 aromatic rings. The van der Waals surface area contributed by atoms with Crippen molar-refractivity contribution in [3.05, 3.63) is 0 Å². The van der Waals surface area contributed by atoms with Gasteiger partial charge in [-0.1, -0.05) is 0 Å². The van der Waals surface area contributed by atoms with Crippen molar-refractivity contribution in [3.8, 4) is 0 Å². The average Bonchev–Trinajstić information content (AvgIpc) is 2.06. The Morgan fingerprint density at radius 3 is 1.94 bits per heavy atom. The third kappa shape index (κ3) is 13.5. The molecule has 0 aliphatic rings. The van der Waals surface area contributed by atoms with Gasteiger partial charge in [-0.05, 0) is 6.42 Å². The first-order valence-corrected chi connectivity index (χ1v) is 4.26. The first kappa shape index (κ1) is 15.5. The highest BCUT2D eigenvalue weighted by atomic mass is 19.4. The summed E-state index contributed by atoms with van der Waals surface area (Å²) in [4.78, 5) is 3.99. The monoisotopic (exact) mass is 255 g/mol. The molecule has 16 heavy (non-hydrogen) atoms. The number of rotatable bonds is 7. The lowest BCUT2D eigenvalue weighted by atomic mass is 10.5. The van der Waals surface area contributed by atoms with Gasteiger partial charge in [0.2, 0.25) is 0 Å². The van der Waals surface area contributed by atoms with E-state index < -0.39 is 25.6 Å². The highest BCUT2D eigenvalue weighted by Crippen LogP contribution is 2.14. The number of nitrogens with one attached hydrogen (secondary N) is 1. The molecule has 0 bridgehead atoms. The smallest absolute Gasteiger partial charge is 0.372 e. The van der Waals surface area contributed by atoms with Crippen molar-refractivity contribution in [2.75, 3.05) is 26.4 Å². The van der Waals surface area contributed by atoms with Crippen LogP contribution in [0.4, 0.5) is 26.3 Å². The summed E-state index contributed by atoms with van der Waals surface area (Å²) in [6, 6.07) is 0. The average molecular weight is 255 g/mol. The summed E-state index contributed by atoms with van der Waals surface area (Å²) in [5.41, 5.74) is 1.96. The fourth-order valence-corrected chi connectivity index (χ4v) is 0.639. The van der Waals surface area contributed by atoms with E-state index in [1.807, 2.05) is 5.48 Å². The summed E-state index contributed by atoms with van der Waals surface area (Å²) in [6.07, 6.45) is -8.70. The molecule has 3 nitrogen and oxygen atoms in total. The third-order valence-corrected chi connectivity index (χ3v) is 1.17. The van der Waals surface area contributed by atoms with Gasteiger partial charge in [-0.25, -0.2) is 5.48 Å². The van der Waals surface area contributed by atoms with E-state index in [0.29, 0.717) is 0 Å². The van der Waals surface area contributed by atoms with E-state index in [1.54, 1.807) is 0 Å². The fraction of sp³-hybridized carbons (Fsp3) is 1.00. The van der Waals surface area contributed by atoms with E-state index in [1.165, 1.54) is 0 Å². The number of ether oxygens (including phenoxy) is 1. The molecule has 0 unspecified atom stereocenters. The Balaban J connectivity index is 3.17. The minimum Gasteiger partial charge on any atom is -0.372 e. The fourth-order valence-electron chi connectivity index (χ4n) is 0.639. The van der Waals surface area contributed by atoms with E-state index in [0.717, 1.165) is 0 Å². The predicted molar refractivity (Wildman–Crippen MR) is 41.5 cm³/mol. The van der Waals surface area contributed by atoms with E-state index >= 15 is 0 Å². The molecule has 9 heteroatoms. The predicted octanol–water partition coefficient (Wildman–Crippen LogP) is 2.04. The van der Waals surface area contributed by atoms with Crippen LogP contribution in [0.5, 0.6) is 0 Å². The molecule has 0 aromatic heterocycles. The van der Waals surface area contributed by atoms with Crippen LogP contribution < -0.4 is 5.48 Å². The largest absolute Gasteiger partial charge is 0.413 e. The lowest BCUT2D eigenvalue weighted by Crippen LogP contribution is -2.26. The molecule has 0 spiro atoms. The van der Waals surface area contributed by atoms with Crippen LogP contribution in [-0.2, 0) is 9.57 Å². The Morgan fingerprint density at radius 2 is 1.44 bits per heavy atom. The zero-order valence-electron chi connectivity index (χ0n) is 8.12. The molecule has 98 valence electrons. The molecule has 0 aromatic carbocycles. The van der Waals surface area contributed by atoms with Crippen molar-refractivity contribution in [2.45, 2.75) is 18.8 Å². The van der Waals surface area contributed by atoms with Gasteiger partial charge >= 0.3 is 12.4 Å². The van der Waals surface area contributed by atoms with Crippen LogP contribution in [0.2, 0.25) is 0 Å². The van der Waals surface area contributed by atoms with E-state index in [-0.39, 0.29) is 19.6 Å². The van der Waals surface area contributed by atoms with Gasteiger partial charge in [0.1, 0.15) is 6.61 Å². The second kappa shape index (κ2) is 6.92. The van der Waals surface area contributed by atoms with Crippen LogP contribution in [0.3, 0.4) is 0 Å². The van der Waals surface area contributed by atoms with Crippen LogP contribution in [0.15, 0.2) is 0 Å². The second-order valence-electron chi connectivity index (χ2n) is 2.82. The minimum atomic E-state index is -4.43. The van der Waals surface area contributed by atoms with Crippen molar-refractivity contribution >= 4 is 0 Å². The van der Waals surface area contributed by atoms with Gasteiger partial charge in [-0.15, -0.1) is 0 Å². The molecule has 0 heterocycles. The van der Waals surface area contributed by atoms with Gasteiger partial charge in [0, 0.05) is 13.2 Å². The van der Waals surface area contributed by atoms with Crippen LogP contribution in [-0.4, -0.2) is 38.7 Å². The SMILES string of the molecule is FC(F)(F)COCCCNOCC(F)(F)F. The molecule has 1 N–H and O–H groups in total. The summed E-state index contributed by atoms with van der Waals surface area (Å²) in [5, 5.41) is 0. The first-order valence-electron chi connectivity index (χ1n) is 4.26. The molecule has 0 atom stereocenters. The minimum absolute atomic E-state index is 0.0199. The lowest BCUT2D eigenvalue weighted by molar-refractivity contribution is -0.190.